The maximum absolute atomic E-state index is 12.9. The van der Waals surface area contributed by atoms with E-state index in [9.17, 15) is 9.59 Å². The molecule has 0 bridgehead atoms. The summed E-state index contributed by atoms with van der Waals surface area (Å²) in [6.07, 6.45) is 2.34. The number of H-pyrrole nitrogens is 1. The molecule has 3 rings (SSSR count). The predicted molar refractivity (Wildman–Crippen MR) is 112 cm³/mol. The number of rotatable bonds is 7. The molecule has 3 aromatic rings. The molecule has 0 aliphatic carbocycles. The lowest BCUT2D eigenvalue weighted by molar-refractivity contribution is -0.130. The summed E-state index contributed by atoms with van der Waals surface area (Å²) in [4.78, 5) is 28.4. The highest BCUT2D eigenvalue weighted by Gasteiger charge is 2.23. The van der Waals surface area contributed by atoms with E-state index in [4.69, 9.17) is 0 Å². The molecule has 1 heterocycles. The number of carbonyl (C=O) groups excluding carboxylic acids is 2. The quantitative estimate of drug-likeness (QED) is 0.590. The summed E-state index contributed by atoms with van der Waals surface area (Å²) in [5.74, 6) is -0.495. The number of hydrogen-bond donors (Lipinski definition) is 3. The van der Waals surface area contributed by atoms with Gasteiger partial charge in [-0.05, 0) is 24.1 Å². The topological polar surface area (TPSA) is 74.0 Å². The molecule has 1 aromatic heterocycles. The van der Waals surface area contributed by atoms with Gasteiger partial charge in [-0.3, -0.25) is 9.59 Å². The van der Waals surface area contributed by atoms with E-state index in [-0.39, 0.29) is 17.7 Å². The SMILES string of the molecule is Cc1ccc(CNC(=O)C(Cc2c[nH]c3ccccc23)NC(=O)C(C)C)cc1. The minimum absolute atomic E-state index is 0.129. The minimum Gasteiger partial charge on any atom is -0.361 e. The number of amides is 2. The molecule has 28 heavy (non-hydrogen) atoms. The fraction of sp³-hybridized carbons (Fsp3) is 0.304. The molecule has 0 saturated carbocycles. The first-order valence-corrected chi connectivity index (χ1v) is 9.62. The summed E-state index contributed by atoms with van der Waals surface area (Å²) in [7, 11) is 0. The number of para-hydroxylation sites is 1. The van der Waals surface area contributed by atoms with Crippen molar-refractivity contribution in [2.75, 3.05) is 0 Å². The van der Waals surface area contributed by atoms with Gasteiger partial charge < -0.3 is 15.6 Å². The van der Waals surface area contributed by atoms with Gasteiger partial charge in [0.1, 0.15) is 6.04 Å². The number of nitrogens with one attached hydrogen (secondary N) is 3. The molecule has 1 unspecified atom stereocenters. The molecular weight excluding hydrogens is 350 g/mol. The van der Waals surface area contributed by atoms with Crippen LogP contribution in [0.2, 0.25) is 0 Å². The monoisotopic (exact) mass is 377 g/mol. The fourth-order valence-corrected chi connectivity index (χ4v) is 3.09. The Labute approximate surface area is 165 Å². The van der Waals surface area contributed by atoms with Gasteiger partial charge in [-0.15, -0.1) is 0 Å². The van der Waals surface area contributed by atoms with Gasteiger partial charge in [-0.2, -0.15) is 0 Å². The second-order valence-corrected chi connectivity index (χ2v) is 7.48. The van der Waals surface area contributed by atoms with E-state index in [2.05, 4.69) is 15.6 Å². The smallest absolute Gasteiger partial charge is 0.243 e. The lowest BCUT2D eigenvalue weighted by atomic mass is 10.0. The average Bonchev–Trinajstić information content (AvgIpc) is 3.09. The van der Waals surface area contributed by atoms with Crippen molar-refractivity contribution in [1.82, 2.24) is 15.6 Å². The van der Waals surface area contributed by atoms with Crippen LogP contribution in [-0.4, -0.2) is 22.8 Å². The molecule has 146 valence electrons. The highest BCUT2D eigenvalue weighted by molar-refractivity contribution is 5.90. The molecule has 0 radical (unpaired) electrons. The summed E-state index contributed by atoms with van der Waals surface area (Å²) in [6.45, 7) is 6.10. The first kappa shape index (κ1) is 19.7. The Bertz CT molecular complexity index is 957. The van der Waals surface area contributed by atoms with Crippen LogP contribution in [0.1, 0.15) is 30.5 Å². The zero-order valence-corrected chi connectivity index (χ0v) is 16.6. The van der Waals surface area contributed by atoms with Crippen LogP contribution in [0.15, 0.2) is 54.7 Å². The van der Waals surface area contributed by atoms with Crippen LogP contribution < -0.4 is 10.6 Å². The molecule has 0 aliphatic heterocycles. The van der Waals surface area contributed by atoms with E-state index < -0.39 is 6.04 Å². The van der Waals surface area contributed by atoms with Crippen molar-refractivity contribution in [3.8, 4) is 0 Å². The molecule has 5 nitrogen and oxygen atoms in total. The van der Waals surface area contributed by atoms with Gasteiger partial charge in [0, 0.05) is 36.0 Å². The highest BCUT2D eigenvalue weighted by Crippen LogP contribution is 2.19. The predicted octanol–water partition coefficient (Wildman–Crippen LogP) is 3.48. The Balaban J connectivity index is 1.74. The zero-order valence-electron chi connectivity index (χ0n) is 16.6. The number of aromatic amines is 1. The highest BCUT2D eigenvalue weighted by atomic mass is 16.2. The van der Waals surface area contributed by atoms with E-state index >= 15 is 0 Å². The third-order valence-corrected chi connectivity index (χ3v) is 4.84. The molecular formula is C23H27N3O2. The maximum Gasteiger partial charge on any atom is 0.243 e. The number of benzene rings is 2. The van der Waals surface area contributed by atoms with Crippen LogP contribution in [0.5, 0.6) is 0 Å². The Morgan fingerprint density at radius 3 is 2.43 bits per heavy atom. The zero-order chi connectivity index (χ0) is 20.1. The van der Waals surface area contributed by atoms with Crippen LogP contribution in [0, 0.1) is 12.8 Å². The van der Waals surface area contributed by atoms with Gasteiger partial charge in [0.05, 0.1) is 0 Å². The van der Waals surface area contributed by atoms with Gasteiger partial charge in [0.25, 0.3) is 0 Å². The van der Waals surface area contributed by atoms with E-state index in [0.29, 0.717) is 13.0 Å². The average molecular weight is 377 g/mol. The van der Waals surface area contributed by atoms with Crippen molar-refractivity contribution in [2.45, 2.75) is 39.8 Å². The summed E-state index contributed by atoms with van der Waals surface area (Å²) < 4.78 is 0. The Kier molecular flexibility index (Phi) is 6.14. The van der Waals surface area contributed by atoms with Gasteiger partial charge in [0.2, 0.25) is 11.8 Å². The first-order valence-electron chi connectivity index (χ1n) is 9.62. The molecule has 3 N–H and O–H groups in total. The third-order valence-electron chi connectivity index (χ3n) is 4.84. The Morgan fingerprint density at radius 2 is 1.71 bits per heavy atom. The molecule has 1 atom stereocenters. The van der Waals surface area contributed by atoms with Gasteiger partial charge in [-0.25, -0.2) is 0 Å². The van der Waals surface area contributed by atoms with Gasteiger partial charge >= 0.3 is 0 Å². The van der Waals surface area contributed by atoms with Crippen LogP contribution in [0.3, 0.4) is 0 Å². The van der Waals surface area contributed by atoms with E-state index in [0.717, 1.165) is 22.0 Å². The van der Waals surface area contributed by atoms with Gasteiger partial charge in [0.15, 0.2) is 0 Å². The van der Waals surface area contributed by atoms with E-state index in [1.54, 1.807) is 0 Å². The number of hydrogen-bond acceptors (Lipinski definition) is 2. The summed E-state index contributed by atoms with van der Waals surface area (Å²) in [5, 5.41) is 6.93. The molecule has 0 saturated heterocycles. The summed E-state index contributed by atoms with van der Waals surface area (Å²) in [5.41, 5.74) is 4.23. The largest absolute Gasteiger partial charge is 0.361 e. The minimum atomic E-state index is -0.625. The van der Waals surface area contributed by atoms with Crippen molar-refractivity contribution in [1.29, 1.82) is 0 Å². The van der Waals surface area contributed by atoms with Gasteiger partial charge in [-0.1, -0.05) is 61.9 Å². The van der Waals surface area contributed by atoms with Crippen LogP contribution >= 0.6 is 0 Å². The number of aryl methyl sites for hydroxylation is 1. The standard InChI is InChI=1S/C23H27N3O2/c1-15(2)22(27)26-21(12-18-14-24-20-7-5-4-6-19(18)20)23(28)25-13-17-10-8-16(3)9-11-17/h4-11,14-15,21,24H,12-13H2,1-3H3,(H,25,28)(H,26,27). The molecule has 0 fully saturated rings. The Morgan fingerprint density at radius 1 is 1.00 bits per heavy atom. The number of aromatic nitrogens is 1. The number of carbonyl (C=O) groups is 2. The Hall–Kier alpha value is -3.08. The molecule has 0 aliphatic rings. The maximum atomic E-state index is 12.9. The molecule has 2 amide bonds. The van der Waals surface area contributed by atoms with Crippen molar-refractivity contribution >= 4 is 22.7 Å². The fourth-order valence-electron chi connectivity index (χ4n) is 3.09. The number of fused-ring (bicyclic) bond motifs is 1. The van der Waals surface area contributed by atoms with Crippen molar-refractivity contribution in [3.63, 3.8) is 0 Å². The van der Waals surface area contributed by atoms with E-state index in [1.807, 2.05) is 75.5 Å². The van der Waals surface area contributed by atoms with Crippen molar-refractivity contribution < 1.29 is 9.59 Å². The normalized spacial score (nSPS) is 12.1. The second kappa shape index (κ2) is 8.74. The lowest BCUT2D eigenvalue weighted by Gasteiger charge is -2.19. The van der Waals surface area contributed by atoms with Crippen LogP contribution in [-0.2, 0) is 22.6 Å². The second-order valence-electron chi connectivity index (χ2n) is 7.48. The summed E-state index contributed by atoms with van der Waals surface area (Å²) >= 11 is 0. The third kappa shape index (κ3) is 4.80. The molecule has 0 spiro atoms. The van der Waals surface area contributed by atoms with Crippen molar-refractivity contribution in [3.05, 3.63) is 71.4 Å². The lowest BCUT2D eigenvalue weighted by Crippen LogP contribution is -2.48. The van der Waals surface area contributed by atoms with Crippen LogP contribution in [0.4, 0.5) is 0 Å². The molecule has 5 heteroatoms. The first-order chi connectivity index (χ1) is 13.4. The summed E-state index contributed by atoms with van der Waals surface area (Å²) in [6, 6.07) is 15.4. The molecule has 2 aromatic carbocycles. The van der Waals surface area contributed by atoms with Crippen molar-refractivity contribution in [2.24, 2.45) is 5.92 Å². The van der Waals surface area contributed by atoms with E-state index in [1.165, 1.54) is 5.56 Å². The van der Waals surface area contributed by atoms with Crippen LogP contribution in [0.25, 0.3) is 10.9 Å².